The molecule has 2 N–H and O–H groups in total. The first-order valence-corrected chi connectivity index (χ1v) is 9.33. The SMILES string of the molecule is CN(CC(=O)Nc1ccccc1C(=O)NC1CC1)Cc1cccc(OC(F)F)c1. The zero-order chi connectivity index (χ0) is 20.8. The molecule has 0 unspecified atom stereocenters. The zero-order valence-corrected chi connectivity index (χ0v) is 16.0. The lowest BCUT2D eigenvalue weighted by atomic mass is 10.1. The summed E-state index contributed by atoms with van der Waals surface area (Å²) in [5.74, 6) is -0.405. The van der Waals surface area contributed by atoms with E-state index in [0.717, 1.165) is 18.4 Å². The Morgan fingerprint density at radius 3 is 2.66 bits per heavy atom. The summed E-state index contributed by atoms with van der Waals surface area (Å²) in [6.07, 6.45) is 1.96. The van der Waals surface area contributed by atoms with E-state index in [0.29, 0.717) is 17.8 Å². The van der Waals surface area contributed by atoms with E-state index in [1.807, 2.05) is 0 Å². The number of nitrogens with zero attached hydrogens (tertiary/aromatic N) is 1. The van der Waals surface area contributed by atoms with Crippen molar-refractivity contribution in [3.8, 4) is 5.75 Å². The molecule has 154 valence electrons. The largest absolute Gasteiger partial charge is 0.435 e. The van der Waals surface area contributed by atoms with Crippen LogP contribution in [0.3, 0.4) is 0 Å². The van der Waals surface area contributed by atoms with Crippen molar-refractivity contribution >= 4 is 17.5 Å². The van der Waals surface area contributed by atoms with Gasteiger partial charge < -0.3 is 15.4 Å². The monoisotopic (exact) mass is 403 g/mol. The minimum Gasteiger partial charge on any atom is -0.435 e. The van der Waals surface area contributed by atoms with Gasteiger partial charge in [0.25, 0.3) is 5.91 Å². The first-order valence-electron chi connectivity index (χ1n) is 9.33. The number of carbonyl (C=O) groups is 2. The number of nitrogens with one attached hydrogen (secondary N) is 2. The van der Waals surface area contributed by atoms with Crippen LogP contribution in [-0.4, -0.2) is 43.0 Å². The second kappa shape index (κ2) is 9.47. The molecule has 0 aliphatic heterocycles. The molecule has 6 nitrogen and oxygen atoms in total. The lowest BCUT2D eigenvalue weighted by Crippen LogP contribution is -2.31. The summed E-state index contributed by atoms with van der Waals surface area (Å²) < 4.78 is 29.1. The Kier molecular flexibility index (Phi) is 6.77. The van der Waals surface area contributed by atoms with Gasteiger partial charge in [-0.2, -0.15) is 8.78 Å². The Morgan fingerprint density at radius 1 is 1.17 bits per heavy atom. The maximum absolute atomic E-state index is 12.4. The molecule has 1 fully saturated rings. The van der Waals surface area contributed by atoms with E-state index in [4.69, 9.17) is 0 Å². The van der Waals surface area contributed by atoms with Crippen LogP contribution in [0.1, 0.15) is 28.8 Å². The number of halogens is 2. The number of anilines is 1. The lowest BCUT2D eigenvalue weighted by molar-refractivity contribution is -0.117. The van der Waals surface area contributed by atoms with Crippen LogP contribution in [0, 0.1) is 0 Å². The third-order valence-electron chi connectivity index (χ3n) is 4.35. The molecule has 0 heterocycles. The number of para-hydroxylation sites is 1. The number of rotatable bonds is 9. The number of ether oxygens (including phenoxy) is 1. The van der Waals surface area contributed by atoms with Crippen molar-refractivity contribution in [2.45, 2.75) is 32.0 Å². The highest BCUT2D eigenvalue weighted by atomic mass is 19.3. The number of amides is 2. The lowest BCUT2D eigenvalue weighted by Gasteiger charge is -2.18. The maximum Gasteiger partial charge on any atom is 0.387 e. The molecule has 1 saturated carbocycles. The second-order valence-electron chi connectivity index (χ2n) is 7.04. The van der Waals surface area contributed by atoms with E-state index in [2.05, 4.69) is 15.4 Å². The van der Waals surface area contributed by atoms with Crippen LogP contribution in [-0.2, 0) is 11.3 Å². The van der Waals surface area contributed by atoms with Gasteiger partial charge in [0.1, 0.15) is 5.75 Å². The maximum atomic E-state index is 12.4. The summed E-state index contributed by atoms with van der Waals surface area (Å²) in [6.45, 7) is -2.44. The topological polar surface area (TPSA) is 70.7 Å². The van der Waals surface area contributed by atoms with Crippen LogP contribution in [0.5, 0.6) is 5.75 Å². The molecule has 0 aromatic heterocycles. The summed E-state index contributed by atoms with van der Waals surface area (Å²) in [4.78, 5) is 26.5. The van der Waals surface area contributed by atoms with Crippen LogP contribution >= 0.6 is 0 Å². The molecule has 2 amide bonds. The first-order chi connectivity index (χ1) is 13.9. The molecular weight excluding hydrogens is 380 g/mol. The molecular formula is C21H23F2N3O3. The van der Waals surface area contributed by atoms with Gasteiger partial charge in [-0.05, 0) is 49.7 Å². The van der Waals surface area contributed by atoms with Crippen molar-refractivity contribution in [2.24, 2.45) is 0 Å². The molecule has 29 heavy (non-hydrogen) atoms. The van der Waals surface area contributed by atoms with Crippen molar-refractivity contribution in [3.63, 3.8) is 0 Å². The quantitative estimate of drug-likeness (QED) is 0.674. The highest BCUT2D eigenvalue weighted by Gasteiger charge is 2.25. The number of likely N-dealkylation sites (N-methyl/N-ethyl adjacent to an activating group) is 1. The summed E-state index contributed by atoms with van der Waals surface area (Å²) in [5, 5.41) is 5.68. The van der Waals surface area contributed by atoms with Crippen LogP contribution in [0.15, 0.2) is 48.5 Å². The van der Waals surface area contributed by atoms with Gasteiger partial charge in [0, 0.05) is 12.6 Å². The predicted octanol–water partition coefficient (Wildman–Crippen LogP) is 3.25. The minimum atomic E-state index is -2.88. The Balaban J connectivity index is 1.56. The summed E-state index contributed by atoms with van der Waals surface area (Å²) in [5.41, 5.74) is 1.62. The van der Waals surface area contributed by atoms with E-state index in [1.54, 1.807) is 48.3 Å². The molecule has 8 heteroatoms. The summed E-state index contributed by atoms with van der Waals surface area (Å²) in [7, 11) is 1.74. The number of benzene rings is 2. The molecule has 1 aliphatic rings. The molecule has 2 aromatic carbocycles. The standard InChI is InChI=1S/C21H23F2N3O3/c1-26(12-14-5-4-6-16(11-14)29-21(22)23)13-19(27)25-18-8-3-2-7-17(18)20(28)24-15-9-10-15/h2-8,11,15,21H,9-10,12-13H2,1H3,(H,24,28)(H,25,27). The fraction of sp³-hybridized carbons (Fsp3) is 0.333. The molecule has 0 atom stereocenters. The highest BCUT2D eigenvalue weighted by Crippen LogP contribution is 2.22. The first kappa shape index (κ1) is 20.7. The van der Waals surface area contributed by atoms with E-state index in [1.165, 1.54) is 12.1 Å². The molecule has 3 rings (SSSR count). The third kappa shape index (κ3) is 6.53. The second-order valence-corrected chi connectivity index (χ2v) is 7.04. The summed E-state index contributed by atoms with van der Waals surface area (Å²) in [6, 6.07) is 13.4. The fourth-order valence-electron chi connectivity index (χ4n) is 2.90. The van der Waals surface area contributed by atoms with Crippen LogP contribution < -0.4 is 15.4 Å². The third-order valence-corrected chi connectivity index (χ3v) is 4.35. The average molecular weight is 403 g/mol. The number of hydrogen-bond acceptors (Lipinski definition) is 4. The Bertz CT molecular complexity index is 872. The van der Waals surface area contributed by atoms with Gasteiger partial charge in [0.05, 0.1) is 17.8 Å². The van der Waals surface area contributed by atoms with Crippen LogP contribution in [0.4, 0.5) is 14.5 Å². The Labute approximate surface area is 167 Å². The average Bonchev–Trinajstić information content (AvgIpc) is 3.45. The molecule has 0 spiro atoms. The molecule has 0 radical (unpaired) electrons. The Hall–Kier alpha value is -3.00. The molecule has 0 saturated heterocycles. The molecule has 1 aliphatic carbocycles. The number of carbonyl (C=O) groups excluding carboxylic acids is 2. The van der Waals surface area contributed by atoms with Crippen molar-refractivity contribution in [1.29, 1.82) is 0 Å². The van der Waals surface area contributed by atoms with Gasteiger partial charge in [-0.15, -0.1) is 0 Å². The molecule has 0 bridgehead atoms. The van der Waals surface area contributed by atoms with Crippen molar-refractivity contribution < 1.29 is 23.1 Å². The van der Waals surface area contributed by atoms with E-state index in [-0.39, 0.29) is 30.2 Å². The van der Waals surface area contributed by atoms with E-state index in [9.17, 15) is 18.4 Å². The van der Waals surface area contributed by atoms with Gasteiger partial charge in [0.15, 0.2) is 0 Å². The van der Waals surface area contributed by atoms with Gasteiger partial charge in [-0.25, -0.2) is 0 Å². The number of hydrogen-bond donors (Lipinski definition) is 2. The van der Waals surface area contributed by atoms with E-state index >= 15 is 0 Å². The van der Waals surface area contributed by atoms with Crippen molar-refractivity contribution in [2.75, 3.05) is 18.9 Å². The predicted molar refractivity (Wildman–Crippen MR) is 105 cm³/mol. The van der Waals surface area contributed by atoms with Crippen LogP contribution in [0.25, 0.3) is 0 Å². The van der Waals surface area contributed by atoms with Crippen molar-refractivity contribution in [3.05, 3.63) is 59.7 Å². The normalized spacial score (nSPS) is 13.4. The fourth-order valence-corrected chi connectivity index (χ4v) is 2.90. The van der Waals surface area contributed by atoms with Gasteiger partial charge >= 0.3 is 6.61 Å². The molecule has 2 aromatic rings. The van der Waals surface area contributed by atoms with Gasteiger partial charge in [-0.1, -0.05) is 24.3 Å². The smallest absolute Gasteiger partial charge is 0.387 e. The number of alkyl halides is 2. The Morgan fingerprint density at radius 2 is 1.93 bits per heavy atom. The van der Waals surface area contributed by atoms with E-state index < -0.39 is 6.61 Å². The minimum absolute atomic E-state index is 0.0680. The highest BCUT2D eigenvalue weighted by molar-refractivity contribution is 6.04. The summed E-state index contributed by atoms with van der Waals surface area (Å²) >= 11 is 0. The van der Waals surface area contributed by atoms with Gasteiger partial charge in [0.2, 0.25) is 5.91 Å². The van der Waals surface area contributed by atoms with Crippen molar-refractivity contribution in [1.82, 2.24) is 10.2 Å². The zero-order valence-electron chi connectivity index (χ0n) is 16.0. The van der Waals surface area contributed by atoms with Gasteiger partial charge in [-0.3, -0.25) is 14.5 Å². The van der Waals surface area contributed by atoms with Crippen LogP contribution in [0.2, 0.25) is 0 Å².